The van der Waals surface area contributed by atoms with E-state index in [2.05, 4.69) is 5.32 Å². The lowest BCUT2D eigenvalue weighted by Gasteiger charge is -2.27. The third-order valence-electron chi connectivity index (χ3n) is 4.26. The number of hydrogen-bond donors (Lipinski definition) is 2. The summed E-state index contributed by atoms with van der Waals surface area (Å²) < 4.78 is 5.72. The zero-order valence-corrected chi connectivity index (χ0v) is 16.3. The van der Waals surface area contributed by atoms with E-state index in [1.165, 1.54) is 11.3 Å². The van der Waals surface area contributed by atoms with Gasteiger partial charge in [-0.25, -0.2) is 0 Å². The van der Waals surface area contributed by atoms with Crippen molar-refractivity contribution in [3.63, 3.8) is 0 Å². The second kappa shape index (κ2) is 9.32. The van der Waals surface area contributed by atoms with E-state index < -0.39 is 6.10 Å². The molecule has 3 rings (SSSR count). The molecule has 0 saturated carbocycles. The van der Waals surface area contributed by atoms with Crippen molar-refractivity contribution in [2.24, 2.45) is 0 Å². The Hall–Kier alpha value is -1.93. The zero-order chi connectivity index (χ0) is 19.2. The van der Waals surface area contributed by atoms with Gasteiger partial charge >= 0.3 is 0 Å². The van der Waals surface area contributed by atoms with Crippen LogP contribution in [0.25, 0.3) is 0 Å². The number of amides is 1. The normalized spacial score (nSPS) is 15.6. The van der Waals surface area contributed by atoms with Gasteiger partial charge in [0, 0.05) is 30.9 Å². The number of aliphatic hydroxyl groups excluding tert-OH is 1. The Labute approximate surface area is 166 Å². The van der Waals surface area contributed by atoms with Gasteiger partial charge in [0.1, 0.15) is 6.61 Å². The highest BCUT2D eigenvalue weighted by Crippen LogP contribution is 2.23. The molecule has 1 amide bonds. The van der Waals surface area contributed by atoms with Crippen LogP contribution in [0.15, 0.2) is 36.4 Å². The van der Waals surface area contributed by atoms with E-state index in [1.807, 2.05) is 24.3 Å². The lowest BCUT2D eigenvalue weighted by atomic mass is 10.1. The molecule has 8 heteroatoms. The maximum Gasteiger partial charge on any atom is 0.253 e. The first-order valence-corrected chi connectivity index (χ1v) is 9.91. The minimum Gasteiger partial charge on any atom is -0.391 e. The van der Waals surface area contributed by atoms with Crippen molar-refractivity contribution in [3.8, 4) is 0 Å². The van der Waals surface area contributed by atoms with Gasteiger partial charge in [0.2, 0.25) is 0 Å². The molecule has 0 bridgehead atoms. The Balaban J connectivity index is 1.44. The summed E-state index contributed by atoms with van der Waals surface area (Å²) in [4.78, 5) is 26.2. The summed E-state index contributed by atoms with van der Waals surface area (Å²) in [6.07, 6.45) is 0.0179. The van der Waals surface area contributed by atoms with Crippen LogP contribution in [0.4, 0.5) is 11.4 Å². The number of carbonyl (C=O) groups is 2. The summed E-state index contributed by atoms with van der Waals surface area (Å²) in [5, 5.41) is 13.2. The molecule has 0 radical (unpaired) electrons. The molecule has 0 spiro atoms. The average Bonchev–Trinajstić information content (AvgIpc) is 3.12. The molecule has 1 saturated heterocycles. The fraction of sp³-hybridized carbons (Fsp3) is 0.368. The maximum absolute atomic E-state index is 12.0. The Morgan fingerprint density at radius 2 is 2.07 bits per heavy atom. The van der Waals surface area contributed by atoms with E-state index in [0.717, 1.165) is 11.4 Å². The highest BCUT2D eigenvalue weighted by molar-refractivity contribution is 7.18. The third-order valence-corrected chi connectivity index (χ3v) is 5.53. The SMILES string of the molecule is O=C(CC[C@H](O)CNc1ccc(N2CCOCC2=O)cc1)c1ccc(Cl)s1. The van der Waals surface area contributed by atoms with Crippen LogP contribution in [0.5, 0.6) is 0 Å². The number of nitrogens with zero attached hydrogens (tertiary/aromatic N) is 1. The predicted molar refractivity (Wildman–Crippen MR) is 107 cm³/mol. The minimum absolute atomic E-state index is 0.00881. The summed E-state index contributed by atoms with van der Waals surface area (Å²) in [6.45, 7) is 1.54. The molecule has 27 heavy (non-hydrogen) atoms. The van der Waals surface area contributed by atoms with Crippen LogP contribution in [0.2, 0.25) is 4.34 Å². The van der Waals surface area contributed by atoms with E-state index in [4.69, 9.17) is 16.3 Å². The van der Waals surface area contributed by atoms with Crippen LogP contribution in [0.1, 0.15) is 22.5 Å². The van der Waals surface area contributed by atoms with Crippen molar-refractivity contribution in [2.45, 2.75) is 18.9 Å². The molecule has 1 aliphatic rings. The van der Waals surface area contributed by atoms with Crippen molar-refractivity contribution in [3.05, 3.63) is 45.6 Å². The summed E-state index contributed by atoms with van der Waals surface area (Å²) in [7, 11) is 0. The first kappa shape index (κ1) is 19.8. The van der Waals surface area contributed by atoms with E-state index in [0.29, 0.717) is 35.3 Å². The summed E-state index contributed by atoms with van der Waals surface area (Å²) in [6, 6.07) is 10.9. The number of carbonyl (C=O) groups excluding carboxylic acids is 2. The molecule has 1 atom stereocenters. The highest BCUT2D eigenvalue weighted by atomic mass is 35.5. The van der Waals surface area contributed by atoms with Gasteiger partial charge in [-0.1, -0.05) is 11.6 Å². The molecular formula is C19H21ClN2O4S. The van der Waals surface area contributed by atoms with Gasteiger partial charge in [0.15, 0.2) is 5.78 Å². The Morgan fingerprint density at radius 3 is 2.74 bits per heavy atom. The van der Waals surface area contributed by atoms with Gasteiger partial charge in [0.25, 0.3) is 5.91 Å². The smallest absolute Gasteiger partial charge is 0.253 e. The first-order valence-electron chi connectivity index (χ1n) is 8.71. The largest absolute Gasteiger partial charge is 0.391 e. The van der Waals surface area contributed by atoms with Gasteiger partial charge < -0.3 is 20.1 Å². The molecular weight excluding hydrogens is 388 g/mol. The molecule has 144 valence electrons. The monoisotopic (exact) mass is 408 g/mol. The second-order valence-electron chi connectivity index (χ2n) is 6.25. The van der Waals surface area contributed by atoms with Crippen LogP contribution >= 0.6 is 22.9 Å². The molecule has 2 heterocycles. The lowest BCUT2D eigenvalue weighted by molar-refractivity contribution is -0.125. The quantitative estimate of drug-likeness (QED) is 0.656. The van der Waals surface area contributed by atoms with Gasteiger partial charge in [0.05, 0.1) is 21.9 Å². The molecule has 2 N–H and O–H groups in total. The lowest BCUT2D eigenvalue weighted by Crippen LogP contribution is -2.41. The van der Waals surface area contributed by atoms with Crippen LogP contribution in [0, 0.1) is 0 Å². The Kier molecular flexibility index (Phi) is 6.84. The number of benzene rings is 1. The number of nitrogens with one attached hydrogen (secondary N) is 1. The highest BCUT2D eigenvalue weighted by Gasteiger charge is 2.20. The molecule has 0 aliphatic carbocycles. The summed E-state index contributed by atoms with van der Waals surface area (Å²) in [5.41, 5.74) is 1.67. The number of morpholine rings is 1. The number of anilines is 2. The predicted octanol–water partition coefficient (Wildman–Crippen LogP) is 3.20. The first-order chi connectivity index (χ1) is 13.0. The van der Waals surface area contributed by atoms with Crippen molar-refractivity contribution in [2.75, 3.05) is 36.5 Å². The number of rotatable bonds is 8. The topological polar surface area (TPSA) is 78.9 Å². The van der Waals surface area contributed by atoms with Gasteiger partial charge in [-0.05, 0) is 42.8 Å². The third kappa shape index (κ3) is 5.52. The number of hydrogen-bond acceptors (Lipinski definition) is 6. The summed E-state index contributed by atoms with van der Waals surface area (Å²) >= 11 is 7.09. The molecule has 2 aromatic rings. The van der Waals surface area contributed by atoms with Crippen LogP contribution in [-0.4, -0.2) is 49.2 Å². The standard InChI is InChI=1S/C19H21ClN2O4S/c20-18-8-7-17(27-18)16(24)6-5-15(23)11-21-13-1-3-14(4-2-13)22-9-10-26-12-19(22)25/h1-4,7-8,15,21,23H,5-6,9-12H2/t15-/m0/s1. The molecule has 1 aromatic carbocycles. The van der Waals surface area contributed by atoms with E-state index >= 15 is 0 Å². The maximum atomic E-state index is 12.0. The number of thiophene rings is 1. The summed E-state index contributed by atoms with van der Waals surface area (Å²) in [5.74, 6) is -0.0560. The fourth-order valence-corrected chi connectivity index (χ4v) is 3.78. The van der Waals surface area contributed by atoms with Crippen molar-refractivity contribution in [1.29, 1.82) is 0 Å². The van der Waals surface area contributed by atoms with E-state index in [9.17, 15) is 14.7 Å². The van der Waals surface area contributed by atoms with Crippen molar-refractivity contribution < 1.29 is 19.4 Å². The number of aliphatic hydroxyl groups is 1. The zero-order valence-electron chi connectivity index (χ0n) is 14.7. The number of Topliss-reactive ketones (excluding diaryl/α,β-unsaturated/α-hetero) is 1. The fourth-order valence-electron chi connectivity index (χ4n) is 2.77. The van der Waals surface area contributed by atoms with Gasteiger partial charge in [-0.15, -0.1) is 11.3 Å². The molecule has 1 fully saturated rings. The molecule has 1 aromatic heterocycles. The minimum atomic E-state index is -0.634. The number of ketones is 1. The molecule has 6 nitrogen and oxygen atoms in total. The Bertz CT molecular complexity index is 793. The number of halogens is 1. The van der Waals surface area contributed by atoms with Crippen molar-refractivity contribution >= 4 is 46.0 Å². The van der Waals surface area contributed by atoms with Crippen molar-refractivity contribution in [1.82, 2.24) is 0 Å². The van der Waals surface area contributed by atoms with Gasteiger partial charge in [-0.2, -0.15) is 0 Å². The molecule has 0 unspecified atom stereocenters. The van der Waals surface area contributed by atoms with Crippen LogP contribution in [-0.2, 0) is 9.53 Å². The van der Waals surface area contributed by atoms with E-state index in [-0.39, 0.29) is 24.7 Å². The van der Waals surface area contributed by atoms with Gasteiger partial charge in [-0.3, -0.25) is 9.59 Å². The van der Waals surface area contributed by atoms with Crippen LogP contribution in [0.3, 0.4) is 0 Å². The molecule has 1 aliphatic heterocycles. The second-order valence-corrected chi connectivity index (χ2v) is 7.96. The van der Waals surface area contributed by atoms with Crippen LogP contribution < -0.4 is 10.2 Å². The average molecular weight is 409 g/mol. The number of ether oxygens (including phenoxy) is 1. The van der Waals surface area contributed by atoms with E-state index in [1.54, 1.807) is 17.0 Å². The Morgan fingerprint density at radius 1 is 1.30 bits per heavy atom.